The maximum atomic E-state index is 14.5. The number of piperidine rings is 1. The number of β-amino-alcohol motifs (C(OH)–C–C–N with tert-alkyl or cyclic N) is 1. The smallest absolute Gasteiger partial charge is 0.285 e. The van der Waals surface area contributed by atoms with Crippen LogP contribution in [0.1, 0.15) is 12.0 Å². The van der Waals surface area contributed by atoms with Crippen LogP contribution in [0.4, 0.5) is 8.78 Å². The molecule has 0 radical (unpaired) electrons. The summed E-state index contributed by atoms with van der Waals surface area (Å²) in [6, 6.07) is 9.81. The summed E-state index contributed by atoms with van der Waals surface area (Å²) in [6.45, 7) is 9.21. The van der Waals surface area contributed by atoms with Crippen LogP contribution in [0.3, 0.4) is 0 Å². The number of hydrogen-bond acceptors (Lipinski definition) is 3. The summed E-state index contributed by atoms with van der Waals surface area (Å²) < 4.78 is 29.0. The molecule has 0 amide bonds. The molecule has 0 aromatic heterocycles. The summed E-state index contributed by atoms with van der Waals surface area (Å²) in [5.41, 5.74) is 1.64. The number of hydrogen-bond donors (Lipinski definition) is 1. The van der Waals surface area contributed by atoms with Gasteiger partial charge in [0.2, 0.25) is 0 Å². The summed E-state index contributed by atoms with van der Waals surface area (Å²) in [4.78, 5) is 3.88. The Labute approximate surface area is 153 Å². The fourth-order valence-electron chi connectivity index (χ4n) is 4.02. The maximum Gasteiger partial charge on any atom is 0.285 e. The fraction of sp³-hybridized carbons (Fsp3) is 0.429. The number of aliphatic hydroxyl groups is 1. The van der Waals surface area contributed by atoms with Crippen LogP contribution in [0.2, 0.25) is 0 Å². The van der Waals surface area contributed by atoms with E-state index in [2.05, 4.69) is 30.2 Å². The molecule has 2 atom stereocenters. The van der Waals surface area contributed by atoms with Crippen LogP contribution >= 0.6 is 0 Å². The zero-order chi connectivity index (χ0) is 18.7. The largest absolute Gasteiger partial charge is 0.390 e. The van der Waals surface area contributed by atoms with Gasteiger partial charge in [0.05, 0.1) is 12.6 Å². The monoisotopic (exact) mass is 360 g/mol. The van der Waals surface area contributed by atoms with Crippen molar-refractivity contribution in [2.75, 3.05) is 26.2 Å². The van der Waals surface area contributed by atoms with Gasteiger partial charge in [0.15, 0.2) is 0 Å². The van der Waals surface area contributed by atoms with Crippen molar-refractivity contribution in [3.8, 4) is 0 Å². The third kappa shape index (κ3) is 3.95. The highest BCUT2D eigenvalue weighted by atomic mass is 19.3. The Morgan fingerprint density at radius 2 is 1.92 bits per heavy atom. The van der Waals surface area contributed by atoms with E-state index in [0.717, 1.165) is 13.1 Å². The molecule has 1 N–H and O–H groups in total. The number of nitrogens with zero attached hydrogens (tertiary/aromatic N) is 2. The summed E-state index contributed by atoms with van der Waals surface area (Å²) >= 11 is 0. The van der Waals surface area contributed by atoms with Gasteiger partial charge in [0.1, 0.15) is 0 Å². The first-order valence-corrected chi connectivity index (χ1v) is 8.99. The molecular weight excluding hydrogens is 334 g/mol. The molecule has 2 heterocycles. The van der Waals surface area contributed by atoms with Crippen molar-refractivity contribution in [2.24, 2.45) is 0 Å². The number of alkyl halides is 2. The quantitative estimate of drug-likeness (QED) is 0.873. The first-order valence-electron chi connectivity index (χ1n) is 8.99. The van der Waals surface area contributed by atoms with Gasteiger partial charge in [-0.25, -0.2) is 0 Å². The van der Waals surface area contributed by atoms with Crippen molar-refractivity contribution in [3.63, 3.8) is 0 Å². The highest BCUT2D eigenvalue weighted by molar-refractivity contribution is 5.40. The molecule has 3 nitrogen and oxygen atoms in total. The van der Waals surface area contributed by atoms with E-state index < -0.39 is 12.0 Å². The van der Waals surface area contributed by atoms with Crippen LogP contribution in [-0.4, -0.2) is 59.2 Å². The number of rotatable bonds is 5. The van der Waals surface area contributed by atoms with Crippen LogP contribution in [0, 0.1) is 0 Å². The van der Waals surface area contributed by atoms with Crippen molar-refractivity contribution in [1.29, 1.82) is 0 Å². The second kappa shape index (κ2) is 7.82. The second-order valence-electron chi connectivity index (χ2n) is 7.10. The van der Waals surface area contributed by atoms with Gasteiger partial charge in [0.25, 0.3) is 5.92 Å². The van der Waals surface area contributed by atoms with E-state index in [4.69, 9.17) is 0 Å². The van der Waals surface area contributed by atoms with Crippen LogP contribution in [0.5, 0.6) is 0 Å². The summed E-state index contributed by atoms with van der Waals surface area (Å²) in [7, 11) is 0. The van der Waals surface area contributed by atoms with Gasteiger partial charge < -0.3 is 5.11 Å². The van der Waals surface area contributed by atoms with E-state index in [0.29, 0.717) is 25.1 Å². The van der Waals surface area contributed by atoms with Crippen LogP contribution in [0.15, 0.2) is 66.8 Å². The van der Waals surface area contributed by atoms with Gasteiger partial charge in [-0.1, -0.05) is 55.6 Å². The van der Waals surface area contributed by atoms with Crippen molar-refractivity contribution >= 4 is 0 Å². The Balaban J connectivity index is 1.67. The number of aliphatic hydroxyl groups excluding tert-OH is 1. The molecule has 2 aliphatic rings. The third-order valence-electron chi connectivity index (χ3n) is 5.31. The molecule has 26 heavy (non-hydrogen) atoms. The Morgan fingerprint density at radius 1 is 1.19 bits per heavy atom. The normalized spacial score (nSPS) is 27.3. The van der Waals surface area contributed by atoms with Gasteiger partial charge in [-0.2, -0.15) is 8.78 Å². The van der Waals surface area contributed by atoms with E-state index in [1.807, 2.05) is 18.2 Å². The molecule has 0 aliphatic carbocycles. The minimum atomic E-state index is -2.97. The Morgan fingerprint density at radius 3 is 2.54 bits per heavy atom. The molecule has 1 aromatic carbocycles. The van der Waals surface area contributed by atoms with E-state index in [1.165, 1.54) is 17.7 Å². The summed E-state index contributed by atoms with van der Waals surface area (Å²) in [5, 5.41) is 10.6. The van der Waals surface area contributed by atoms with Crippen molar-refractivity contribution < 1.29 is 13.9 Å². The van der Waals surface area contributed by atoms with E-state index >= 15 is 0 Å². The molecule has 140 valence electrons. The number of halogens is 2. The first-order chi connectivity index (χ1) is 12.4. The Kier molecular flexibility index (Phi) is 5.70. The summed E-state index contributed by atoms with van der Waals surface area (Å²) in [5.74, 6) is -2.97. The number of benzene rings is 1. The van der Waals surface area contributed by atoms with Crippen LogP contribution < -0.4 is 0 Å². The molecule has 1 saturated heterocycles. The van der Waals surface area contributed by atoms with Crippen molar-refractivity contribution in [2.45, 2.75) is 31.0 Å². The van der Waals surface area contributed by atoms with Gasteiger partial charge in [-0.3, -0.25) is 9.80 Å². The van der Waals surface area contributed by atoms with E-state index in [9.17, 15) is 13.9 Å². The minimum absolute atomic E-state index is 0.0419. The summed E-state index contributed by atoms with van der Waals surface area (Å²) in [6.07, 6.45) is 2.72. The van der Waals surface area contributed by atoms with Crippen molar-refractivity contribution in [1.82, 2.24) is 9.80 Å². The lowest BCUT2D eigenvalue weighted by Crippen LogP contribution is -2.58. The third-order valence-corrected chi connectivity index (χ3v) is 5.31. The average Bonchev–Trinajstić information content (AvgIpc) is 2.61. The minimum Gasteiger partial charge on any atom is -0.390 e. The Hall–Kier alpha value is -1.82. The second-order valence-corrected chi connectivity index (χ2v) is 7.10. The lowest BCUT2D eigenvalue weighted by molar-refractivity contribution is -0.0617. The standard InChI is InChI=1S/C21H26F2N2O/c1-3-17-13-25(15-21(22,23)18(17)4-2)19-10-11-24(14-20(19)26)12-16-8-6-5-7-9-16/h3-9,19-20,26H,1-2,10-15H2. The van der Waals surface area contributed by atoms with Gasteiger partial charge in [-0.15, -0.1) is 0 Å². The van der Waals surface area contributed by atoms with E-state index in [1.54, 1.807) is 4.90 Å². The number of allylic oxidation sites excluding steroid dienone is 1. The predicted octanol–water partition coefficient (Wildman–Crippen LogP) is 3.24. The average molecular weight is 360 g/mol. The van der Waals surface area contributed by atoms with E-state index in [-0.39, 0.29) is 18.2 Å². The Bertz CT molecular complexity index is 687. The predicted molar refractivity (Wildman–Crippen MR) is 100 cm³/mol. The lowest BCUT2D eigenvalue weighted by Gasteiger charge is -2.45. The molecule has 0 spiro atoms. The van der Waals surface area contributed by atoms with Crippen molar-refractivity contribution in [3.05, 3.63) is 72.4 Å². The fourth-order valence-corrected chi connectivity index (χ4v) is 4.02. The first kappa shape index (κ1) is 19.0. The number of likely N-dealkylation sites (tertiary alicyclic amines) is 1. The molecule has 1 aromatic rings. The zero-order valence-corrected chi connectivity index (χ0v) is 15.0. The molecule has 1 fully saturated rings. The molecular formula is C21H26F2N2O. The van der Waals surface area contributed by atoms with Gasteiger partial charge in [-0.05, 0) is 17.6 Å². The van der Waals surface area contributed by atoms with Crippen LogP contribution in [-0.2, 0) is 6.54 Å². The SMILES string of the molecule is C=CC1=C(C=C)C(F)(F)CN(C2CCN(Cc3ccccc3)CC2O)C1. The molecule has 0 bridgehead atoms. The zero-order valence-electron chi connectivity index (χ0n) is 15.0. The molecule has 2 unspecified atom stereocenters. The molecule has 3 rings (SSSR count). The highest BCUT2D eigenvalue weighted by Gasteiger charge is 2.44. The lowest BCUT2D eigenvalue weighted by atomic mass is 9.92. The molecule has 0 saturated carbocycles. The van der Waals surface area contributed by atoms with Gasteiger partial charge in [0, 0.05) is 37.8 Å². The maximum absolute atomic E-state index is 14.5. The topological polar surface area (TPSA) is 26.7 Å². The molecule has 5 heteroatoms. The molecule has 2 aliphatic heterocycles. The van der Waals surface area contributed by atoms with Crippen LogP contribution in [0.25, 0.3) is 0 Å². The highest BCUT2D eigenvalue weighted by Crippen LogP contribution is 2.36. The van der Waals surface area contributed by atoms with Gasteiger partial charge >= 0.3 is 0 Å².